The van der Waals surface area contributed by atoms with Crippen LogP contribution < -0.4 is 0 Å². The molecule has 1 N–H and O–H groups in total. The van der Waals surface area contributed by atoms with Gasteiger partial charge in [0.25, 0.3) is 0 Å². The molecular weight excluding hydrogens is 206 g/mol. The van der Waals surface area contributed by atoms with Crippen LogP contribution in [0.4, 0.5) is 0 Å². The lowest BCUT2D eigenvalue weighted by Crippen LogP contribution is -1.90. The second kappa shape index (κ2) is 3.33. The normalized spacial score (nSPS) is 23.6. The maximum absolute atomic E-state index is 9.63. The van der Waals surface area contributed by atoms with Crippen molar-refractivity contribution in [1.82, 2.24) is 0 Å². The topological polar surface area (TPSA) is 32.6 Å². The summed E-state index contributed by atoms with van der Waals surface area (Å²) in [5, 5.41) is 11.2. The molecule has 1 aliphatic heterocycles. The second-order valence-electron chi connectivity index (χ2n) is 2.73. The molecular formula is C9H8ClNOS. The molecule has 1 heterocycles. The highest BCUT2D eigenvalue weighted by atomic mass is 35.5. The molecule has 0 radical (unpaired) electrons. The number of aliphatic hydroxyl groups excluding tert-OH is 1. The van der Waals surface area contributed by atoms with E-state index >= 15 is 0 Å². The summed E-state index contributed by atoms with van der Waals surface area (Å²) < 4.78 is 0. The predicted octanol–water partition coefficient (Wildman–Crippen LogP) is 2.45. The molecule has 0 aromatic heterocycles. The molecule has 1 atom stereocenters. The lowest BCUT2D eigenvalue weighted by atomic mass is 10.1. The number of rotatable bonds is 0. The van der Waals surface area contributed by atoms with E-state index in [1.54, 1.807) is 13.1 Å². The summed E-state index contributed by atoms with van der Waals surface area (Å²) in [5.74, 6) is 0. The van der Waals surface area contributed by atoms with Crippen LogP contribution in [0.5, 0.6) is 0 Å². The molecule has 13 heavy (non-hydrogen) atoms. The van der Waals surface area contributed by atoms with Crippen molar-refractivity contribution in [1.29, 1.82) is 0 Å². The third kappa shape index (κ3) is 1.47. The lowest BCUT2D eigenvalue weighted by molar-refractivity contribution is 0.273. The summed E-state index contributed by atoms with van der Waals surface area (Å²) >= 11 is 7.17. The molecule has 1 unspecified atom stereocenters. The summed E-state index contributed by atoms with van der Waals surface area (Å²) in [5.41, 5.74) is 1.33. The van der Waals surface area contributed by atoms with Gasteiger partial charge in [-0.1, -0.05) is 29.4 Å². The quantitative estimate of drug-likeness (QED) is 0.718. The van der Waals surface area contributed by atoms with Gasteiger partial charge in [-0.2, -0.15) is 0 Å². The number of hydrogen-bond acceptors (Lipinski definition) is 3. The SMILES string of the molecule is CN=C1SC(O)c2cc(Cl)ccc21. The summed E-state index contributed by atoms with van der Waals surface area (Å²) in [6.45, 7) is 0. The van der Waals surface area contributed by atoms with E-state index in [4.69, 9.17) is 11.6 Å². The first-order valence-corrected chi connectivity index (χ1v) is 5.09. The van der Waals surface area contributed by atoms with E-state index in [2.05, 4.69) is 4.99 Å². The molecule has 0 saturated heterocycles. The molecule has 2 nitrogen and oxygen atoms in total. The summed E-state index contributed by atoms with van der Waals surface area (Å²) in [7, 11) is 1.72. The Morgan fingerprint density at radius 1 is 1.54 bits per heavy atom. The van der Waals surface area contributed by atoms with Gasteiger partial charge in [-0.05, 0) is 12.1 Å². The summed E-state index contributed by atoms with van der Waals surface area (Å²) in [6, 6.07) is 5.49. The third-order valence-corrected chi connectivity index (χ3v) is 3.27. The Hall–Kier alpha value is -0.510. The highest BCUT2D eigenvalue weighted by Gasteiger charge is 2.26. The van der Waals surface area contributed by atoms with Gasteiger partial charge in [0.05, 0.1) is 0 Å². The predicted molar refractivity (Wildman–Crippen MR) is 56.5 cm³/mol. The highest BCUT2D eigenvalue weighted by molar-refractivity contribution is 8.15. The van der Waals surface area contributed by atoms with Crippen molar-refractivity contribution in [2.75, 3.05) is 7.05 Å². The largest absolute Gasteiger partial charge is 0.378 e. The maximum atomic E-state index is 9.63. The molecule has 0 saturated carbocycles. The lowest BCUT2D eigenvalue weighted by Gasteiger charge is -2.00. The third-order valence-electron chi connectivity index (χ3n) is 1.94. The van der Waals surface area contributed by atoms with Crippen molar-refractivity contribution >= 4 is 28.4 Å². The first-order valence-electron chi connectivity index (χ1n) is 3.83. The van der Waals surface area contributed by atoms with E-state index in [9.17, 15) is 5.11 Å². The molecule has 0 aliphatic carbocycles. The van der Waals surface area contributed by atoms with Gasteiger partial charge in [0, 0.05) is 23.2 Å². The fourth-order valence-corrected chi connectivity index (χ4v) is 2.47. The van der Waals surface area contributed by atoms with Crippen LogP contribution in [0, 0.1) is 0 Å². The Bertz CT molecular complexity index is 378. The Morgan fingerprint density at radius 3 is 3.00 bits per heavy atom. The Labute approximate surface area is 85.6 Å². The molecule has 1 aromatic rings. The van der Waals surface area contributed by atoms with Gasteiger partial charge >= 0.3 is 0 Å². The van der Waals surface area contributed by atoms with Crippen LogP contribution in [0.1, 0.15) is 16.6 Å². The van der Waals surface area contributed by atoms with Gasteiger partial charge in [-0.3, -0.25) is 4.99 Å². The van der Waals surface area contributed by atoms with Crippen molar-refractivity contribution in [2.24, 2.45) is 4.99 Å². The van der Waals surface area contributed by atoms with Gasteiger partial charge < -0.3 is 5.11 Å². The minimum absolute atomic E-state index is 0.521. The van der Waals surface area contributed by atoms with Gasteiger partial charge in [0.15, 0.2) is 0 Å². The second-order valence-corrected chi connectivity index (χ2v) is 4.24. The first-order chi connectivity index (χ1) is 6.22. The molecule has 68 valence electrons. The van der Waals surface area contributed by atoms with Crippen LogP contribution >= 0.6 is 23.4 Å². The summed E-state index contributed by atoms with van der Waals surface area (Å²) in [4.78, 5) is 4.09. The molecule has 0 spiro atoms. The Morgan fingerprint density at radius 2 is 2.31 bits per heavy atom. The van der Waals surface area contributed by atoms with E-state index in [0.717, 1.165) is 16.2 Å². The van der Waals surface area contributed by atoms with Crippen molar-refractivity contribution in [3.63, 3.8) is 0 Å². The molecule has 4 heteroatoms. The van der Waals surface area contributed by atoms with E-state index in [0.29, 0.717) is 5.02 Å². The van der Waals surface area contributed by atoms with Crippen LogP contribution in [0.15, 0.2) is 23.2 Å². The van der Waals surface area contributed by atoms with Crippen LogP contribution in [0.25, 0.3) is 0 Å². The smallest absolute Gasteiger partial charge is 0.131 e. The number of aliphatic hydroxyl groups is 1. The zero-order valence-electron chi connectivity index (χ0n) is 6.99. The number of aliphatic imine (C=N–C) groups is 1. The molecule has 0 fully saturated rings. The van der Waals surface area contributed by atoms with E-state index < -0.39 is 5.44 Å². The zero-order valence-corrected chi connectivity index (χ0v) is 8.56. The number of halogens is 1. The van der Waals surface area contributed by atoms with Crippen molar-refractivity contribution in [3.05, 3.63) is 34.3 Å². The Kier molecular flexibility index (Phi) is 2.32. The van der Waals surface area contributed by atoms with E-state index in [-0.39, 0.29) is 0 Å². The number of hydrogen-bond donors (Lipinski definition) is 1. The Balaban J connectivity index is 2.58. The van der Waals surface area contributed by atoms with Crippen LogP contribution in [0.2, 0.25) is 5.02 Å². The number of nitrogens with zero attached hydrogens (tertiary/aromatic N) is 1. The van der Waals surface area contributed by atoms with Crippen LogP contribution in [0.3, 0.4) is 0 Å². The molecule has 0 amide bonds. The van der Waals surface area contributed by atoms with Crippen molar-refractivity contribution in [2.45, 2.75) is 5.44 Å². The van der Waals surface area contributed by atoms with Gasteiger partial charge in [-0.15, -0.1) is 0 Å². The van der Waals surface area contributed by atoms with Crippen molar-refractivity contribution in [3.8, 4) is 0 Å². The monoisotopic (exact) mass is 213 g/mol. The molecule has 0 bridgehead atoms. The van der Waals surface area contributed by atoms with Gasteiger partial charge in [0.1, 0.15) is 10.5 Å². The average molecular weight is 214 g/mol. The fraction of sp³-hybridized carbons (Fsp3) is 0.222. The van der Waals surface area contributed by atoms with Crippen LogP contribution in [-0.4, -0.2) is 17.2 Å². The minimum atomic E-state index is -0.521. The van der Waals surface area contributed by atoms with E-state index in [1.807, 2.05) is 12.1 Å². The fourth-order valence-electron chi connectivity index (χ4n) is 1.34. The zero-order chi connectivity index (χ0) is 9.42. The van der Waals surface area contributed by atoms with Crippen LogP contribution in [-0.2, 0) is 0 Å². The van der Waals surface area contributed by atoms with E-state index in [1.165, 1.54) is 11.8 Å². The molecule has 2 rings (SSSR count). The number of fused-ring (bicyclic) bond motifs is 1. The molecule has 1 aliphatic rings. The maximum Gasteiger partial charge on any atom is 0.131 e. The highest BCUT2D eigenvalue weighted by Crippen LogP contribution is 2.40. The summed E-state index contributed by atoms with van der Waals surface area (Å²) in [6.07, 6.45) is 0. The van der Waals surface area contributed by atoms with Gasteiger partial charge in [0.2, 0.25) is 0 Å². The van der Waals surface area contributed by atoms with Gasteiger partial charge in [-0.25, -0.2) is 0 Å². The number of benzene rings is 1. The minimum Gasteiger partial charge on any atom is -0.378 e. The molecule has 1 aromatic carbocycles. The average Bonchev–Trinajstić information content (AvgIpc) is 2.43. The van der Waals surface area contributed by atoms with Crippen molar-refractivity contribution < 1.29 is 5.11 Å². The standard InChI is InChI=1S/C9H8ClNOS/c1-11-8-6-3-2-5(10)4-7(6)9(12)13-8/h2-4,9,12H,1H3. The first kappa shape index (κ1) is 9.06. The number of thioether (sulfide) groups is 1.